The summed E-state index contributed by atoms with van der Waals surface area (Å²) < 4.78 is 5.91. The number of hydrogen-bond donors (Lipinski definition) is 0. The number of unbranched alkanes of at least 4 members (excludes halogenated alkanes) is 1. The first-order valence-corrected chi connectivity index (χ1v) is 6.13. The molecule has 0 spiro atoms. The first kappa shape index (κ1) is 11.7. The zero-order valence-electron chi connectivity index (χ0n) is 10.3. The molecule has 0 aliphatic heterocycles. The number of rotatable bonds is 5. The van der Waals surface area contributed by atoms with E-state index >= 15 is 0 Å². The topological polar surface area (TPSA) is 9.23 Å². The van der Waals surface area contributed by atoms with Crippen LogP contribution in [-0.4, -0.2) is 6.61 Å². The highest BCUT2D eigenvalue weighted by molar-refractivity contribution is 5.91. The lowest BCUT2D eigenvalue weighted by Crippen LogP contribution is -1.98. The van der Waals surface area contributed by atoms with Gasteiger partial charge in [-0.3, -0.25) is 0 Å². The fourth-order valence-corrected chi connectivity index (χ4v) is 1.90. The van der Waals surface area contributed by atoms with Gasteiger partial charge in [0.05, 0.1) is 6.61 Å². The van der Waals surface area contributed by atoms with Gasteiger partial charge in [0.15, 0.2) is 0 Å². The molecule has 0 amide bonds. The molecule has 0 heterocycles. The number of hydrogen-bond acceptors (Lipinski definition) is 1. The lowest BCUT2D eigenvalue weighted by atomic mass is 10.1. The van der Waals surface area contributed by atoms with Gasteiger partial charge in [0, 0.05) is 10.9 Å². The maximum Gasteiger partial charge on any atom is 0.134 e. The van der Waals surface area contributed by atoms with Crippen LogP contribution in [0.3, 0.4) is 0 Å². The van der Waals surface area contributed by atoms with Crippen LogP contribution in [0.15, 0.2) is 43.0 Å². The summed E-state index contributed by atoms with van der Waals surface area (Å²) in [6, 6.07) is 12.5. The molecule has 2 aromatic rings. The van der Waals surface area contributed by atoms with E-state index in [0.29, 0.717) is 0 Å². The Balaban J connectivity index is 2.43. The summed E-state index contributed by atoms with van der Waals surface area (Å²) in [6.07, 6.45) is 4.09. The Hall–Kier alpha value is -1.76. The molecule has 0 bridgehead atoms. The summed E-state index contributed by atoms with van der Waals surface area (Å²) in [6.45, 7) is 6.78. The van der Waals surface area contributed by atoms with Crippen molar-refractivity contribution in [1.82, 2.24) is 0 Å². The minimum atomic E-state index is 0.769. The van der Waals surface area contributed by atoms with Gasteiger partial charge in [-0.1, -0.05) is 62.4 Å². The van der Waals surface area contributed by atoms with Gasteiger partial charge < -0.3 is 4.74 Å². The summed E-state index contributed by atoms with van der Waals surface area (Å²) >= 11 is 0. The largest absolute Gasteiger partial charge is 0.492 e. The molecule has 1 nitrogen and oxygen atoms in total. The van der Waals surface area contributed by atoms with E-state index in [2.05, 4.69) is 37.8 Å². The monoisotopic (exact) mass is 226 g/mol. The Kier molecular flexibility index (Phi) is 3.81. The molecule has 88 valence electrons. The molecule has 2 aromatic carbocycles. The molecule has 0 atom stereocenters. The molecule has 0 unspecified atom stereocenters. The molecule has 0 saturated heterocycles. The van der Waals surface area contributed by atoms with Gasteiger partial charge in [0.25, 0.3) is 0 Å². The van der Waals surface area contributed by atoms with Crippen LogP contribution in [0.1, 0.15) is 25.3 Å². The maximum atomic E-state index is 5.91. The van der Waals surface area contributed by atoms with Crippen LogP contribution in [0.4, 0.5) is 0 Å². The number of fused-ring (bicyclic) bond motifs is 1. The van der Waals surface area contributed by atoms with E-state index in [9.17, 15) is 0 Å². The minimum Gasteiger partial charge on any atom is -0.492 e. The van der Waals surface area contributed by atoms with E-state index in [0.717, 1.165) is 30.8 Å². The molecule has 2 rings (SSSR count). The highest BCUT2D eigenvalue weighted by Gasteiger charge is 2.06. The van der Waals surface area contributed by atoms with Gasteiger partial charge in [-0.05, 0) is 11.8 Å². The Morgan fingerprint density at radius 2 is 2.00 bits per heavy atom. The van der Waals surface area contributed by atoms with Crippen molar-refractivity contribution < 1.29 is 4.74 Å². The lowest BCUT2D eigenvalue weighted by molar-refractivity contribution is 0.312. The van der Waals surface area contributed by atoms with E-state index in [1.54, 1.807) is 0 Å². The SMILES string of the molecule is C=Cc1ccc2ccccc2c1OCCCC. The molecular weight excluding hydrogens is 208 g/mol. The average molecular weight is 226 g/mol. The van der Waals surface area contributed by atoms with Crippen LogP contribution in [0, 0.1) is 0 Å². The summed E-state index contributed by atoms with van der Waals surface area (Å²) in [5.74, 6) is 0.964. The van der Waals surface area contributed by atoms with E-state index in [-0.39, 0.29) is 0 Å². The van der Waals surface area contributed by atoms with Crippen molar-refractivity contribution in [2.24, 2.45) is 0 Å². The third kappa shape index (κ3) is 2.50. The highest BCUT2D eigenvalue weighted by atomic mass is 16.5. The second-order valence-electron chi connectivity index (χ2n) is 4.11. The van der Waals surface area contributed by atoms with Gasteiger partial charge in [0.2, 0.25) is 0 Å². The standard InChI is InChI=1S/C16H18O/c1-3-5-12-17-16-13(4-2)10-11-14-8-6-7-9-15(14)16/h4,6-11H,2-3,5,12H2,1H3. The van der Waals surface area contributed by atoms with Crippen LogP contribution >= 0.6 is 0 Å². The minimum absolute atomic E-state index is 0.769. The van der Waals surface area contributed by atoms with Crippen molar-refractivity contribution in [2.45, 2.75) is 19.8 Å². The van der Waals surface area contributed by atoms with Crippen LogP contribution in [0.25, 0.3) is 16.8 Å². The molecule has 0 aliphatic carbocycles. The highest BCUT2D eigenvalue weighted by Crippen LogP contribution is 2.30. The molecule has 17 heavy (non-hydrogen) atoms. The summed E-state index contributed by atoms with van der Waals surface area (Å²) in [5, 5.41) is 2.38. The quantitative estimate of drug-likeness (QED) is 0.674. The van der Waals surface area contributed by atoms with Crippen molar-refractivity contribution in [3.8, 4) is 5.75 Å². The smallest absolute Gasteiger partial charge is 0.134 e. The van der Waals surface area contributed by atoms with Gasteiger partial charge in [0.1, 0.15) is 5.75 Å². The van der Waals surface area contributed by atoms with Crippen molar-refractivity contribution in [3.63, 3.8) is 0 Å². The molecule has 0 radical (unpaired) electrons. The van der Waals surface area contributed by atoms with Gasteiger partial charge in [-0.25, -0.2) is 0 Å². The average Bonchev–Trinajstić information content (AvgIpc) is 2.39. The summed E-state index contributed by atoms with van der Waals surface area (Å²) in [5.41, 5.74) is 1.07. The molecule has 0 N–H and O–H groups in total. The fourth-order valence-electron chi connectivity index (χ4n) is 1.90. The summed E-state index contributed by atoms with van der Waals surface area (Å²) in [4.78, 5) is 0. The summed E-state index contributed by atoms with van der Waals surface area (Å²) in [7, 11) is 0. The van der Waals surface area contributed by atoms with Gasteiger partial charge in [-0.2, -0.15) is 0 Å². The molecular formula is C16H18O. The Morgan fingerprint density at radius 3 is 2.76 bits per heavy atom. The third-order valence-corrected chi connectivity index (χ3v) is 2.87. The first-order valence-electron chi connectivity index (χ1n) is 6.13. The molecule has 0 saturated carbocycles. The van der Waals surface area contributed by atoms with E-state index < -0.39 is 0 Å². The van der Waals surface area contributed by atoms with Gasteiger partial charge in [-0.15, -0.1) is 0 Å². The molecule has 0 aromatic heterocycles. The van der Waals surface area contributed by atoms with Crippen molar-refractivity contribution in [1.29, 1.82) is 0 Å². The van der Waals surface area contributed by atoms with Gasteiger partial charge >= 0.3 is 0 Å². The third-order valence-electron chi connectivity index (χ3n) is 2.87. The lowest BCUT2D eigenvalue weighted by Gasteiger charge is -2.12. The second-order valence-corrected chi connectivity index (χ2v) is 4.11. The zero-order chi connectivity index (χ0) is 12.1. The van der Waals surface area contributed by atoms with E-state index in [1.165, 1.54) is 10.8 Å². The van der Waals surface area contributed by atoms with Crippen LogP contribution in [0.2, 0.25) is 0 Å². The maximum absolute atomic E-state index is 5.91. The Morgan fingerprint density at radius 1 is 1.18 bits per heavy atom. The normalized spacial score (nSPS) is 10.4. The van der Waals surface area contributed by atoms with E-state index in [1.807, 2.05) is 18.2 Å². The van der Waals surface area contributed by atoms with Crippen molar-refractivity contribution >= 4 is 16.8 Å². The van der Waals surface area contributed by atoms with E-state index in [4.69, 9.17) is 4.74 Å². The first-order chi connectivity index (χ1) is 8.36. The predicted octanol–water partition coefficient (Wildman–Crippen LogP) is 4.66. The fraction of sp³-hybridized carbons (Fsp3) is 0.250. The van der Waals surface area contributed by atoms with Crippen LogP contribution in [0.5, 0.6) is 5.75 Å². The number of benzene rings is 2. The van der Waals surface area contributed by atoms with Crippen molar-refractivity contribution in [2.75, 3.05) is 6.61 Å². The number of ether oxygens (including phenoxy) is 1. The predicted molar refractivity (Wildman–Crippen MR) is 74.4 cm³/mol. The van der Waals surface area contributed by atoms with Crippen molar-refractivity contribution in [3.05, 3.63) is 48.5 Å². The Labute approximate surface area is 103 Å². The Bertz CT molecular complexity index is 514. The van der Waals surface area contributed by atoms with Crippen LogP contribution < -0.4 is 4.74 Å². The second kappa shape index (κ2) is 5.53. The zero-order valence-corrected chi connectivity index (χ0v) is 10.3. The van der Waals surface area contributed by atoms with Crippen LogP contribution in [-0.2, 0) is 0 Å². The molecule has 1 heteroatoms. The molecule has 0 aliphatic rings. The molecule has 0 fully saturated rings.